The maximum Gasteiger partial charge on any atom is 0.225 e. The number of hydrogen-bond donors (Lipinski definition) is 3. The van der Waals surface area contributed by atoms with E-state index in [2.05, 4.69) is 51.3 Å². The van der Waals surface area contributed by atoms with Gasteiger partial charge in [-0.05, 0) is 61.4 Å². The highest BCUT2D eigenvalue weighted by molar-refractivity contribution is 14.0. The highest BCUT2D eigenvalue weighted by atomic mass is 127. The van der Waals surface area contributed by atoms with Crippen LogP contribution in [0.4, 0.5) is 5.69 Å². The zero-order chi connectivity index (χ0) is 21.5. The monoisotopic (exact) mass is 548 g/mol. The minimum absolute atomic E-state index is 0. The van der Waals surface area contributed by atoms with Gasteiger partial charge in [0.25, 0.3) is 0 Å². The molecule has 0 spiro atoms. The molecule has 0 saturated heterocycles. The summed E-state index contributed by atoms with van der Waals surface area (Å²) in [4.78, 5) is 16.3. The minimum atomic E-state index is 0. The van der Waals surface area contributed by atoms with Crippen LogP contribution in [0.3, 0.4) is 0 Å². The van der Waals surface area contributed by atoms with Gasteiger partial charge < -0.3 is 20.7 Å². The quantitative estimate of drug-likeness (QED) is 0.272. The molecule has 1 atom stereocenters. The van der Waals surface area contributed by atoms with Crippen LogP contribution in [-0.4, -0.2) is 38.1 Å². The summed E-state index contributed by atoms with van der Waals surface area (Å²) in [6.45, 7) is 1.45. The van der Waals surface area contributed by atoms with Gasteiger partial charge in [0.2, 0.25) is 5.91 Å². The lowest BCUT2D eigenvalue weighted by Gasteiger charge is -2.26. The molecule has 1 unspecified atom stereocenters. The molecule has 2 aliphatic rings. The minimum Gasteiger partial charge on any atom is -0.490 e. The van der Waals surface area contributed by atoms with Crippen LogP contribution in [0, 0.1) is 0 Å². The SMILES string of the molecule is CN=C(NCCc1ccc(OC2CCCC2)cc1)NCC1CC(=O)Nc2ccccc21.I. The number of carbonyl (C=O) groups excluding carboxylic acids is 1. The molecule has 6 nitrogen and oxygen atoms in total. The van der Waals surface area contributed by atoms with Crippen LogP contribution in [0.5, 0.6) is 5.75 Å². The number of nitrogens with one attached hydrogen (secondary N) is 3. The van der Waals surface area contributed by atoms with Crippen LogP contribution < -0.4 is 20.7 Å². The topological polar surface area (TPSA) is 74.8 Å². The molecule has 1 amide bonds. The van der Waals surface area contributed by atoms with Crippen LogP contribution in [0.2, 0.25) is 0 Å². The van der Waals surface area contributed by atoms with E-state index >= 15 is 0 Å². The lowest BCUT2D eigenvalue weighted by atomic mass is 9.90. The second-order valence-electron chi connectivity index (χ2n) is 8.33. The third kappa shape index (κ3) is 6.60. The van der Waals surface area contributed by atoms with Crippen molar-refractivity contribution in [2.45, 2.75) is 50.5 Å². The number of carbonyl (C=O) groups is 1. The zero-order valence-corrected chi connectivity index (χ0v) is 20.9. The molecule has 2 aromatic carbocycles. The third-order valence-electron chi connectivity index (χ3n) is 6.08. The van der Waals surface area contributed by atoms with E-state index in [-0.39, 0.29) is 35.8 Å². The molecule has 1 aliphatic heterocycles. The van der Waals surface area contributed by atoms with Crippen LogP contribution in [0.25, 0.3) is 0 Å². The van der Waals surface area contributed by atoms with Crippen molar-refractivity contribution < 1.29 is 9.53 Å². The molecule has 3 N–H and O–H groups in total. The van der Waals surface area contributed by atoms with Gasteiger partial charge in [-0.2, -0.15) is 0 Å². The molecule has 0 aromatic heterocycles. The number of fused-ring (bicyclic) bond motifs is 1. The molecule has 1 fully saturated rings. The normalized spacial score (nSPS) is 18.3. The van der Waals surface area contributed by atoms with E-state index in [0.717, 1.165) is 30.4 Å². The largest absolute Gasteiger partial charge is 0.490 e. The van der Waals surface area contributed by atoms with E-state index in [4.69, 9.17) is 4.74 Å². The van der Waals surface area contributed by atoms with Crippen LogP contribution in [0.1, 0.15) is 49.1 Å². The molecular formula is C25H33IN4O2. The molecule has 172 valence electrons. The summed E-state index contributed by atoms with van der Waals surface area (Å²) in [7, 11) is 1.77. The predicted octanol–water partition coefficient (Wildman–Crippen LogP) is 4.46. The first-order valence-corrected chi connectivity index (χ1v) is 11.3. The number of hydrogen-bond acceptors (Lipinski definition) is 3. The van der Waals surface area contributed by atoms with E-state index in [1.54, 1.807) is 7.05 Å². The second kappa shape index (κ2) is 12.1. The summed E-state index contributed by atoms with van der Waals surface area (Å²) in [5.41, 5.74) is 3.35. The van der Waals surface area contributed by atoms with E-state index in [9.17, 15) is 4.79 Å². The average molecular weight is 548 g/mol. The summed E-state index contributed by atoms with van der Waals surface area (Å²) < 4.78 is 6.04. The highest BCUT2D eigenvalue weighted by Crippen LogP contribution is 2.31. The first-order valence-electron chi connectivity index (χ1n) is 11.3. The number of ether oxygens (including phenoxy) is 1. The van der Waals surface area contributed by atoms with Gasteiger partial charge in [-0.15, -0.1) is 24.0 Å². The first kappa shape index (κ1) is 24.4. The molecule has 1 saturated carbocycles. The number of anilines is 1. The van der Waals surface area contributed by atoms with Crippen LogP contribution in [0.15, 0.2) is 53.5 Å². The highest BCUT2D eigenvalue weighted by Gasteiger charge is 2.24. The van der Waals surface area contributed by atoms with E-state index in [1.165, 1.54) is 36.8 Å². The van der Waals surface area contributed by atoms with E-state index < -0.39 is 0 Å². The van der Waals surface area contributed by atoms with Crippen molar-refractivity contribution in [2.24, 2.45) is 4.99 Å². The van der Waals surface area contributed by atoms with Crippen LogP contribution in [-0.2, 0) is 11.2 Å². The van der Waals surface area contributed by atoms with Gasteiger partial charge >= 0.3 is 0 Å². The Morgan fingerprint density at radius 1 is 1.09 bits per heavy atom. The molecular weight excluding hydrogens is 515 g/mol. The van der Waals surface area contributed by atoms with E-state index in [0.29, 0.717) is 19.1 Å². The van der Waals surface area contributed by atoms with E-state index in [1.807, 2.05) is 18.2 Å². The van der Waals surface area contributed by atoms with Crippen molar-refractivity contribution in [3.05, 3.63) is 59.7 Å². The zero-order valence-electron chi connectivity index (χ0n) is 18.6. The van der Waals surface area contributed by atoms with Gasteiger partial charge in [0.1, 0.15) is 5.75 Å². The van der Waals surface area contributed by atoms with Crippen molar-refractivity contribution in [3.63, 3.8) is 0 Å². The van der Waals surface area contributed by atoms with Gasteiger partial charge in [0.05, 0.1) is 6.10 Å². The fourth-order valence-corrected chi connectivity index (χ4v) is 4.38. The number of guanidine groups is 1. The first-order chi connectivity index (χ1) is 15.2. The van der Waals surface area contributed by atoms with Gasteiger partial charge in [-0.1, -0.05) is 30.3 Å². The third-order valence-corrected chi connectivity index (χ3v) is 6.08. The Labute approximate surface area is 207 Å². The molecule has 1 heterocycles. The molecule has 32 heavy (non-hydrogen) atoms. The second-order valence-corrected chi connectivity index (χ2v) is 8.33. The molecule has 4 rings (SSSR count). The number of halogens is 1. The molecule has 1 aliphatic carbocycles. The fraction of sp³-hybridized carbons (Fsp3) is 0.440. The van der Waals surface area contributed by atoms with Gasteiger partial charge in [-0.25, -0.2) is 0 Å². The smallest absolute Gasteiger partial charge is 0.225 e. The average Bonchev–Trinajstić information content (AvgIpc) is 3.30. The summed E-state index contributed by atoms with van der Waals surface area (Å²) in [6, 6.07) is 16.4. The van der Waals surface area contributed by atoms with Crippen LogP contribution >= 0.6 is 24.0 Å². The van der Waals surface area contributed by atoms with Gasteiger partial charge in [0.15, 0.2) is 5.96 Å². The number of para-hydroxylation sites is 1. The number of rotatable bonds is 7. The Hall–Kier alpha value is -2.29. The standard InChI is InChI=1S/C25H32N4O2.HI/c1-26-25(28-17-19-16-24(30)29-23-9-5-4-8-22(19)23)27-15-14-18-10-12-21(13-11-18)31-20-6-2-3-7-20;/h4-5,8-13,19-20H,2-3,6-7,14-17H2,1H3,(H,29,30)(H2,26,27,28);1H. The molecule has 7 heteroatoms. The lowest BCUT2D eigenvalue weighted by molar-refractivity contribution is -0.116. The van der Waals surface area contributed by atoms with Crippen molar-refractivity contribution >= 4 is 41.5 Å². The molecule has 2 aromatic rings. The number of benzene rings is 2. The predicted molar refractivity (Wildman–Crippen MR) is 140 cm³/mol. The van der Waals surface area contributed by atoms with Crippen molar-refractivity contribution in [1.82, 2.24) is 10.6 Å². The van der Waals surface area contributed by atoms with Crippen molar-refractivity contribution in [2.75, 3.05) is 25.5 Å². The van der Waals surface area contributed by atoms with Gasteiger partial charge in [0, 0.05) is 38.2 Å². The maximum atomic E-state index is 12.0. The van der Waals surface area contributed by atoms with Crippen molar-refractivity contribution in [1.29, 1.82) is 0 Å². The summed E-state index contributed by atoms with van der Waals surface area (Å²) in [6.07, 6.45) is 6.69. The Morgan fingerprint density at radius 2 is 1.84 bits per heavy atom. The Balaban J connectivity index is 0.00000289. The number of nitrogens with zero attached hydrogens (tertiary/aromatic N) is 1. The van der Waals surface area contributed by atoms with Gasteiger partial charge in [-0.3, -0.25) is 9.79 Å². The lowest BCUT2D eigenvalue weighted by Crippen LogP contribution is -2.41. The number of aliphatic imine (C=N–C) groups is 1. The Kier molecular flexibility index (Phi) is 9.20. The summed E-state index contributed by atoms with van der Waals surface area (Å²) in [5.74, 6) is 1.92. The summed E-state index contributed by atoms with van der Waals surface area (Å²) in [5, 5.41) is 9.69. The summed E-state index contributed by atoms with van der Waals surface area (Å²) >= 11 is 0. The number of amides is 1. The Bertz CT molecular complexity index is 910. The fourth-order valence-electron chi connectivity index (χ4n) is 4.38. The maximum absolute atomic E-state index is 12.0. The molecule has 0 radical (unpaired) electrons. The Morgan fingerprint density at radius 3 is 2.59 bits per heavy atom. The molecule has 0 bridgehead atoms. The van der Waals surface area contributed by atoms with Crippen molar-refractivity contribution in [3.8, 4) is 5.75 Å².